The average molecular weight is 446 g/mol. The number of nitrogens with one attached hydrogen (secondary N) is 1. The van der Waals surface area contributed by atoms with Crippen LogP contribution >= 0.6 is 0 Å². The first-order chi connectivity index (χ1) is 16.1. The van der Waals surface area contributed by atoms with E-state index >= 15 is 0 Å². The fraction of sp³-hybridized carbons (Fsp3) is 0.385. The molecule has 0 bridgehead atoms. The van der Waals surface area contributed by atoms with Crippen molar-refractivity contribution >= 4 is 17.9 Å². The summed E-state index contributed by atoms with van der Waals surface area (Å²) in [4.78, 5) is 28.0. The minimum absolute atomic E-state index is 0.0908. The summed E-state index contributed by atoms with van der Waals surface area (Å²) in [6.45, 7) is 0. The van der Waals surface area contributed by atoms with Gasteiger partial charge in [-0.25, -0.2) is 0 Å². The van der Waals surface area contributed by atoms with Gasteiger partial charge in [-0.15, -0.1) is 0 Å². The van der Waals surface area contributed by atoms with Crippen molar-refractivity contribution in [3.05, 3.63) is 77.1 Å². The van der Waals surface area contributed by atoms with Crippen LogP contribution in [-0.2, 0) is 11.2 Å². The Morgan fingerprint density at radius 3 is 2.39 bits per heavy atom. The van der Waals surface area contributed by atoms with E-state index in [0.717, 1.165) is 37.7 Å². The molecule has 7 heteroatoms. The number of carbonyl (C=O) groups excluding carboxylic acids is 1. The maximum absolute atomic E-state index is 12.6. The highest BCUT2D eigenvalue weighted by Gasteiger charge is 2.48. The number of rotatable bonds is 7. The third-order valence-corrected chi connectivity index (χ3v) is 7.07. The molecule has 1 heterocycles. The first-order valence-corrected chi connectivity index (χ1v) is 11.6. The Balaban J connectivity index is 1.13. The third kappa shape index (κ3) is 4.97. The first-order valence-electron chi connectivity index (χ1n) is 11.6. The van der Waals surface area contributed by atoms with Crippen LogP contribution in [0.3, 0.4) is 0 Å². The van der Waals surface area contributed by atoms with Crippen molar-refractivity contribution in [1.29, 1.82) is 0 Å². The molecule has 2 atom stereocenters. The molecule has 2 aliphatic carbocycles. The third-order valence-electron chi connectivity index (χ3n) is 7.07. The Bertz CT molecular complexity index is 1120. The van der Waals surface area contributed by atoms with Crippen LogP contribution in [0.5, 0.6) is 0 Å². The predicted molar refractivity (Wildman–Crippen MR) is 122 cm³/mol. The molecule has 0 radical (unpaired) electrons. The fourth-order valence-electron chi connectivity index (χ4n) is 5.13. The van der Waals surface area contributed by atoms with Crippen LogP contribution in [0.15, 0.2) is 59.1 Å². The Labute approximate surface area is 192 Å². The van der Waals surface area contributed by atoms with E-state index in [4.69, 9.17) is 9.63 Å². The maximum atomic E-state index is 12.6. The van der Waals surface area contributed by atoms with Gasteiger partial charge in [-0.3, -0.25) is 14.9 Å². The Kier molecular flexibility index (Phi) is 5.94. The molecule has 5 rings (SSSR count). The number of benzene rings is 2. The zero-order valence-electron chi connectivity index (χ0n) is 18.3. The van der Waals surface area contributed by atoms with Gasteiger partial charge in [0.1, 0.15) is 0 Å². The molecule has 33 heavy (non-hydrogen) atoms. The number of aromatic nitrogens is 2. The van der Waals surface area contributed by atoms with Gasteiger partial charge in [-0.2, -0.15) is 4.98 Å². The summed E-state index contributed by atoms with van der Waals surface area (Å²) in [6, 6.07) is 17.6. The predicted octanol–water partition coefficient (Wildman–Crippen LogP) is 4.91. The van der Waals surface area contributed by atoms with Crippen LogP contribution in [0.1, 0.15) is 65.3 Å². The fourth-order valence-corrected chi connectivity index (χ4v) is 5.13. The van der Waals surface area contributed by atoms with E-state index in [9.17, 15) is 9.59 Å². The molecule has 2 fully saturated rings. The monoisotopic (exact) mass is 445 g/mol. The van der Waals surface area contributed by atoms with Gasteiger partial charge in [0.25, 0.3) is 5.91 Å². The Morgan fingerprint density at radius 1 is 1.00 bits per heavy atom. The van der Waals surface area contributed by atoms with E-state index in [1.807, 2.05) is 54.6 Å². The summed E-state index contributed by atoms with van der Waals surface area (Å²) in [7, 11) is 0. The van der Waals surface area contributed by atoms with Crippen LogP contribution in [0.25, 0.3) is 0 Å². The lowest BCUT2D eigenvalue weighted by Gasteiger charge is -2.29. The summed E-state index contributed by atoms with van der Waals surface area (Å²) in [5, 5.41) is 15.8. The summed E-state index contributed by atoms with van der Waals surface area (Å²) < 4.78 is 5.17. The minimum atomic E-state index is -0.635. The van der Waals surface area contributed by atoms with Gasteiger partial charge in [-0.1, -0.05) is 47.6 Å². The second-order valence-electron chi connectivity index (χ2n) is 9.21. The van der Waals surface area contributed by atoms with Gasteiger partial charge in [-0.05, 0) is 73.1 Å². The normalized spacial score (nSPS) is 24.2. The van der Waals surface area contributed by atoms with Crippen LogP contribution < -0.4 is 5.32 Å². The SMILES string of the molecule is O=C(Nc1nc(Cc2ccccc2)no1)c1ccc(C2CCC(C3CC3C(=O)O)CC2)cc1. The van der Waals surface area contributed by atoms with E-state index in [1.54, 1.807) is 0 Å². The van der Waals surface area contributed by atoms with Crippen molar-refractivity contribution in [2.75, 3.05) is 5.32 Å². The number of nitrogens with zero attached hydrogens (tertiary/aromatic N) is 2. The number of carboxylic acids is 1. The summed E-state index contributed by atoms with van der Waals surface area (Å²) in [5.74, 6) is 0.886. The minimum Gasteiger partial charge on any atom is -0.481 e. The van der Waals surface area contributed by atoms with Crippen molar-refractivity contribution in [3.8, 4) is 0 Å². The second kappa shape index (κ2) is 9.17. The zero-order chi connectivity index (χ0) is 22.8. The average Bonchev–Trinajstić information content (AvgIpc) is 3.54. The van der Waals surface area contributed by atoms with Crippen LogP contribution in [-0.4, -0.2) is 27.1 Å². The van der Waals surface area contributed by atoms with Gasteiger partial charge in [0.15, 0.2) is 5.82 Å². The molecule has 0 saturated heterocycles. The molecule has 0 aliphatic heterocycles. The molecule has 170 valence electrons. The summed E-state index contributed by atoms with van der Waals surface area (Å²) in [5.41, 5.74) is 2.84. The summed E-state index contributed by atoms with van der Waals surface area (Å²) in [6.07, 6.45) is 5.71. The molecular weight excluding hydrogens is 418 g/mol. The highest BCUT2D eigenvalue weighted by Crippen LogP contribution is 2.51. The van der Waals surface area contributed by atoms with Gasteiger partial charge in [0.2, 0.25) is 0 Å². The van der Waals surface area contributed by atoms with Gasteiger partial charge in [0.05, 0.1) is 5.92 Å². The number of amides is 1. The lowest BCUT2D eigenvalue weighted by atomic mass is 9.76. The maximum Gasteiger partial charge on any atom is 0.328 e. The number of hydrogen-bond donors (Lipinski definition) is 2. The lowest BCUT2D eigenvalue weighted by molar-refractivity contribution is -0.139. The highest BCUT2D eigenvalue weighted by atomic mass is 16.5. The molecule has 2 aromatic carbocycles. The summed E-state index contributed by atoms with van der Waals surface area (Å²) >= 11 is 0. The standard InChI is InChI=1S/C26H27N3O4/c30-24(28-26-27-23(29-33-26)14-16-4-2-1-3-5-16)20-12-8-18(9-13-20)17-6-10-19(11-7-17)21-15-22(21)25(31)32/h1-5,8-9,12-13,17,19,21-22H,6-7,10-11,14-15H2,(H,31,32)(H,27,28,29,30). The number of anilines is 1. The molecule has 2 saturated carbocycles. The van der Waals surface area contributed by atoms with Crippen LogP contribution in [0.2, 0.25) is 0 Å². The molecule has 1 amide bonds. The Morgan fingerprint density at radius 2 is 1.73 bits per heavy atom. The smallest absolute Gasteiger partial charge is 0.328 e. The number of carboxylic acid groups (broad SMARTS) is 1. The largest absolute Gasteiger partial charge is 0.481 e. The molecular formula is C26H27N3O4. The van der Waals surface area contributed by atoms with Crippen LogP contribution in [0.4, 0.5) is 6.01 Å². The molecule has 3 aromatic rings. The van der Waals surface area contributed by atoms with Gasteiger partial charge in [0, 0.05) is 12.0 Å². The van der Waals surface area contributed by atoms with Crippen LogP contribution in [0, 0.1) is 17.8 Å². The lowest BCUT2D eigenvalue weighted by Crippen LogP contribution is -2.17. The van der Waals surface area contributed by atoms with Crippen molar-refractivity contribution in [3.63, 3.8) is 0 Å². The molecule has 1 aromatic heterocycles. The van der Waals surface area contributed by atoms with Crippen molar-refractivity contribution in [2.45, 2.75) is 44.4 Å². The van der Waals surface area contributed by atoms with Crippen molar-refractivity contribution in [2.24, 2.45) is 17.8 Å². The van der Waals surface area contributed by atoms with E-state index in [0.29, 0.717) is 35.6 Å². The highest BCUT2D eigenvalue weighted by molar-refractivity contribution is 6.03. The number of carbonyl (C=O) groups is 2. The molecule has 2 aliphatic rings. The van der Waals surface area contributed by atoms with E-state index < -0.39 is 5.97 Å². The molecule has 2 N–H and O–H groups in total. The molecule has 0 spiro atoms. The number of hydrogen-bond acceptors (Lipinski definition) is 5. The van der Waals surface area contributed by atoms with E-state index in [2.05, 4.69) is 15.5 Å². The van der Waals surface area contributed by atoms with E-state index in [-0.39, 0.29) is 17.8 Å². The Hall–Kier alpha value is -3.48. The van der Waals surface area contributed by atoms with Crippen molar-refractivity contribution < 1.29 is 19.2 Å². The first kappa shape index (κ1) is 21.4. The topological polar surface area (TPSA) is 105 Å². The quantitative estimate of drug-likeness (QED) is 0.535. The zero-order valence-corrected chi connectivity index (χ0v) is 18.3. The van der Waals surface area contributed by atoms with Crippen molar-refractivity contribution in [1.82, 2.24) is 10.1 Å². The van der Waals surface area contributed by atoms with Gasteiger partial charge >= 0.3 is 12.0 Å². The van der Waals surface area contributed by atoms with E-state index in [1.165, 1.54) is 5.56 Å². The second-order valence-corrected chi connectivity index (χ2v) is 9.21. The van der Waals surface area contributed by atoms with Gasteiger partial charge < -0.3 is 9.63 Å². The number of aliphatic carboxylic acids is 1. The molecule has 2 unspecified atom stereocenters. The molecule has 7 nitrogen and oxygen atoms in total.